The quantitative estimate of drug-likeness (QED) is 0.810. The van der Waals surface area contributed by atoms with Crippen molar-refractivity contribution in [2.45, 2.75) is 19.4 Å². The number of amides is 2. The van der Waals surface area contributed by atoms with Crippen molar-refractivity contribution in [1.29, 1.82) is 0 Å². The van der Waals surface area contributed by atoms with Crippen LogP contribution in [0, 0.1) is 6.92 Å². The molecular weight excluding hydrogens is 300 g/mol. The van der Waals surface area contributed by atoms with E-state index in [1.54, 1.807) is 4.90 Å². The van der Waals surface area contributed by atoms with E-state index in [0.29, 0.717) is 12.1 Å². The van der Waals surface area contributed by atoms with Gasteiger partial charge in [-0.1, -0.05) is 42.0 Å². The molecule has 2 aliphatic heterocycles. The lowest BCUT2D eigenvalue weighted by molar-refractivity contribution is -0.139. The van der Waals surface area contributed by atoms with Gasteiger partial charge < -0.3 is 9.80 Å². The van der Waals surface area contributed by atoms with Gasteiger partial charge in [-0.3, -0.25) is 9.59 Å². The molecule has 24 heavy (non-hydrogen) atoms. The zero-order valence-corrected chi connectivity index (χ0v) is 13.7. The summed E-state index contributed by atoms with van der Waals surface area (Å²) in [6.07, 6.45) is 0.893. The summed E-state index contributed by atoms with van der Waals surface area (Å²) in [4.78, 5) is 29.1. The van der Waals surface area contributed by atoms with Crippen LogP contribution in [0.1, 0.15) is 33.1 Å². The molecule has 0 N–H and O–H groups in total. The Morgan fingerprint density at radius 2 is 1.96 bits per heavy atom. The zero-order valence-electron chi connectivity index (χ0n) is 13.7. The van der Waals surface area contributed by atoms with Gasteiger partial charge in [0.1, 0.15) is 6.54 Å². The third-order valence-corrected chi connectivity index (χ3v) is 5.00. The van der Waals surface area contributed by atoms with Crippen molar-refractivity contribution >= 4 is 11.8 Å². The van der Waals surface area contributed by atoms with Crippen LogP contribution in [-0.2, 0) is 11.2 Å². The van der Waals surface area contributed by atoms with Gasteiger partial charge in [0.25, 0.3) is 5.91 Å². The van der Waals surface area contributed by atoms with Gasteiger partial charge in [-0.2, -0.15) is 0 Å². The Labute approximate surface area is 141 Å². The van der Waals surface area contributed by atoms with Crippen LogP contribution in [0.3, 0.4) is 0 Å². The predicted octanol–water partition coefficient (Wildman–Crippen LogP) is 2.58. The summed E-state index contributed by atoms with van der Waals surface area (Å²) >= 11 is 0. The van der Waals surface area contributed by atoms with Crippen molar-refractivity contribution in [3.63, 3.8) is 0 Å². The number of aryl methyl sites for hydroxylation is 1. The Kier molecular flexibility index (Phi) is 3.60. The van der Waals surface area contributed by atoms with Crippen molar-refractivity contribution in [2.75, 3.05) is 19.6 Å². The summed E-state index contributed by atoms with van der Waals surface area (Å²) in [5, 5.41) is 0. The van der Waals surface area contributed by atoms with Gasteiger partial charge >= 0.3 is 0 Å². The molecule has 4 heteroatoms. The summed E-state index contributed by atoms with van der Waals surface area (Å²) in [6, 6.07) is 15.8. The van der Waals surface area contributed by atoms with Crippen LogP contribution in [0.4, 0.5) is 0 Å². The van der Waals surface area contributed by atoms with Crippen LogP contribution in [0.25, 0.3) is 0 Å². The second kappa shape index (κ2) is 5.78. The Bertz CT molecular complexity index is 815. The highest BCUT2D eigenvalue weighted by molar-refractivity contribution is 5.97. The SMILES string of the molecule is Cc1cccc(C(=O)N2CC(=O)N3CCc4ccccc4[C@@H]3C2)c1. The molecule has 0 radical (unpaired) electrons. The first kappa shape index (κ1) is 14.9. The number of nitrogens with zero attached hydrogens (tertiary/aromatic N) is 2. The minimum atomic E-state index is -0.0604. The molecule has 0 saturated carbocycles. The maximum Gasteiger partial charge on any atom is 0.254 e. The van der Waals surface area contributed by atoms with Crippen LogP contribution in [0.15, 0.2) is 48.5 Å². The van der Waals surface area contributed by atoms with Gasteiger partial charge in [0.2, 0.25) is 5.91 Å². The molecule has 0 bridgehead atoms. The monoisotopic (exact) mass is 320 g/mol. The normalized spacial score (nSPS) is 19.7. The van der Waals surface area contributed by atoms with E-state index in [4.69, 9.17) is 0 Å². The fourth-order valence-electron chi connectivity index (χ4n) is 3.79. The van der Waals surface area contributed by atoms with Crippen molar-refractivity contribution in [3.05, 3.63) is 70.8 Å². The van der Waals surface area contributed by atoms with Crippen LogP contribution in [-0.4, -0.2) is 41.2 Å². The van der Waals surface area contributed by atoms with E-state index in [-0.39, 0.29) is 24.4 Å². The highest BCUT2D eigenvalue weighted by atomic mass is 16.2. The summed E-state index contributed by atoms with van der Waals surface area (Å²) in [5.41, 5.74) is 4.17. The molecule has 2 aromatic rings. The maximum atomic E-state index is 12.8. The van der Waals surface area contributed by atoms with Gasteiger partial charge in [-0.15, -0.1) is 0 Å². The van der Waals surface area contributed by atoms with Gasteiger partial charge in [0.15, 0.2) is 0 Å². The lowest BCUT2D eigenvalue weighted by Crippen LogP contribution is -2.55. The molecule has 4 nitrogen and oxygen atoms in total. The Morgan fingerprint density at radius 1 is 1.12 bits per heavy atom. The smallest absolute Gasteiger partial charge is 0.254 e. The number of carbonyl (C=O) groups is 2. The summed E-state index contributed by atoms with van der Waals surface area (Å²) in [6.45, 7) is 3.45. The lowest BCUT2D eigenvalue weighted by atomic mass is 9.90. The fraction of sp³-hybridized carbons (Fsp3) is 0.300. The van der Waals surface area contributed by atoms with E-state index in [0.717, 1.165) is 18.5 Å². The molecule has 1 fully saturated rings. The number of piperazine rings is 1. The molecular formula is C20H20N2O2. The van der Waals surface area contributed by atoms with Crippen LogP contribution in [0.5, 0.6) is 0 Å². The van der Waals surface area contributed by atoms with Crippen LogP contribution < -0.4 is 0 Å². The summed E-state index contributed by atoms with van der Waals surface area (Å²) < 4.78 is 0. The van der Waals surface area contributed by atoms with Gasteiger partial charge in [-0.25, -0.2) is 0 Å². The third-order valence-electron chi connectivity index (χ3n) is 5.00. The third kappa shape index (κ3) is 2.48. The predicted molar refractivity (Wildman–Crippen MR) is 91.7 cm³/mol. The van der Waals surface area contributed by atoms with E-state index >= 15 is 0 Å². The Balaban J connectivity index is 1.65. The first-order chi connectivity index (χ1) is 11.6. The number of fused-ring (bicyclic) bond motifs is 3. The maximum absolute atomic E-state index is 12.8. The fourth-order valence-corrected chi connectivity index (χ4v) is 3.79. The van der Waals surface area contributed by atoms with Gasteiger partial charge in [0, 0.05) is 18.7 Å². The molecule has 2 heterocycles. The Hall–Kier alpha value is -2.62. The summed E-state index contributed by atoms with van der Waals surface area (Å²) in [7, 11) is 0. The molecule has 0 spiro atoms. The largest absolute Gasteiger partial charge is 0.332 e. The molecule has 1 atom stereocenters. The molecule has 1 saturated heterocycles. The number of hydrogen-bond acceptors (Lipinski definition) is 2. The molecule has 0 aromatic heterocycles. The van der Waals surface area contributed by atoms with E-state index in [1.165, 1.54) is 11.1 Å². The highest BCUT2D eigenvalue weighted by Crippen LogP contribution is 2.33. The lowest BCUT2D eigenvalue weighted by Gasteiger charge is -2.44. The van der Waals surface area contributed by atoms with E-state index in [2.05, 4.69) is 12.1 Å². The van der Waals surface area contributed by atoms with Crippen LogP contribution in [0.2, 0.25) is 0 Å². The van der Waals surface area contributed by atoms with E-state index in [9.17, 15) is 9.59 Å². The van der Waals surface area contributed by atoms with Crippen molar-refractivity contribution in [1.82, 2.24) is 9.80 Å². The molecule has 0 aliphatic carbocycles. The molecule has 0 unspecified atom stereocenters. The van der Waals surface area contributed by atoms with Gasteiger partial charge in [0.05, 0.1) is 6.04 Å². The van der Waals surface area contributed by atoms with Crippen LogP contribution >= 0.6 is 0 Å². The average Bonchev–Trinajstić information content (AvgIpc) is 2.61. The highest BCUT2D eigenvalue weighted by Gasteiger charge is 2.38. The Morgan fingerprint density at radius 3 is 2.79 bits per heavy atom. The number of hydrogen-bond donors (Lipinski definition) is 0. The number of benzene rings is 2. The molecule has 4 rings (SSSR count). The van der Waals surface area contributed by atoms with Crippen molar-refractivity contribution in [2.24, 2.45) is 0 Å². The number of rotatable bonds is 1. The average molecular weight is 320 g/mol. The first-order valence-electron chi connectivity index (χ1n) is 8.37. The second-order valence-electron chi connectivity index (χ2n) is 6.61. The van der Waals surface area contributed by atoms with Gasteiger partial charge in [-0.05, 0) is 36.6 Å². The minimum absolute atomic E-state index is 0.0232. The first-order valence-corrected chi connectivity index (χ1v) is 8.37. The number of carbonyl (C=O) groups excluding carboxylic acids is 2. The minimum Gasteiger partial charge on any atom is -0.332 e. The molecule has 2 amide bonds. The topological polar surface area (TPSA) is 40.6 Å². The molecule has 122 valence electrons. The zero-order chi connectivity index (χ0) is 16.7. The van der Waals surface area contributed by atoms with E-state index in [1.807, 2.05) is 48.2 Å². The van der Waals surface area contributed by atoms with Crippen molar-refractivity contribution in [3.8, 4) is 0 Å². The molecule has 2 aliphatic rings. The molecule has 2 aromatic carbocycles. The summed E-state index contributed by atoms with van der Waals surface area (Å²) in [5.74, 6) is -0.0171. The van der Waals surface area contributed by atoms with Crippen molar-refractivity contribution < 1.29 is 9.59 Å². The standard InChI is InChI=1S/C20H20N2O2/c1-14-5-4-7-16(11-14)20(24)21-12-18-17-8-3-2-6-15(17)9-10-22(18)19(23)13-21/h2-8,11,18H,9-10,12-13H2,1H3/t18-/m0/s1. The second-order valence-corrected chi connectivity index (χ2v) is 6.61. The van der Waals surface area contributed by atoms with E-state index < -0.39 is 0 Å².